The topological polar surface area (TPSA) is 97.1 Å². The van der Waals surface area contributed by atoms with Crippen molar-refractivity contribution in [3.63, 3.8) is 0 Å². The molecule has 2 aromatic rings. The van der Waals surface area contributed by atoms with Crippen molar-refractivity contribution >= 4 is 28.4 Å². The van der Waals surface area contributed by atoms with Gasteiger partial charge in [-0.15, -0.1) is 0 Å². The van der Waals surface area contributed by atoms with Crippen molar-refractivity contribution < 1.29 is 9.59 Å². The Labute approximate surface area is 129 Å². The maximum atomic E-state index is 11.9. The van der Waals surface area contributed by atoms with E-state index in [-0.39, 0.29) is 24.4 Å². The van der Waals surface area contributed by atoms with E-state index in [1.165, 1.54) is 0 Å². The van der Waals surface area contributed by atoms with Crippen LogP contribution in [0.25, 0.3) is 10.9 Å². The van der Waals surface area contributed by atoms with Crippen LogP contribution in [0.3, 0.4) is 0 Å². The summed E-state index contributed by atoms with van der Waals surface area (Å²) in [5, 5.41) is 6.29. The molecule has 0 radical (unpaired) electrons. The molecule has 6 heteroatoms. The molecular weight excluding hydrogens is 280 g/mol. The first-order chi connectivity index (χ1) is 10.6. The van der Waals surface area contributed by atoms with E-state index in [1.807, 2.05) is 31.2 Å². The van der Waals surface area contributed by atoms with Crippen LogP contribution in [0, 0.1) is 0 Å². The van der Waals surface area contributed by atoms with Crippen molar-refractivity contribution in [2.24, 2.45) is 5.73 Å². The highest BCUT2D eigenvalue weighted by atomic mass is 16.2. The van der Waals surface area contributed by atoms with E-state index in [9.17, 15) is 9.59 Å². The SMILES string of the molecule is CC(N)CCC(=O)NCC(=O)Nc1cccc2cccnc12. The largest absolute Gasteiger partial charge is 0.347 e. The molecule has 1 aromatic carbocycles. The fraction of sp³-hybridized carbons (Fsp3) is 0.312. The number of hydrogen-bond donors (Lipinski definition) is 3. The van der Waals surface area contributed by atoms with Gasteiger partial charge in [0.05, 0.1) is 17.7 Å². The number of amides is 2. The molecule has 0 fully saturated rings. The first-order valence-corrected chi connectivity index (χ1v) is 7.22. The van der Waals surface area contributed by atoms with Crippen molar-refractivity contribution in [1.82, 2.24) is 10.3 Å². The molecule has 2 amide bonds. The molecule has 0 aliphatic rings. The van der Waals surface area contributed by atoms with Crippen molar-refractivity contribution in [2.75, 3.05) is 11.9 Å². The van der Waals surface area contributed by atoms with Gasteiger partial charge in [0.2, 0.25) is 11.8 Å². The molecule has 0 aliphatic carbocycles. The number of rotatable bonds is 6. The minimum atomic E-state index is -0.285. The standard InChI is InChI=1S/C16H20N4O2/c1-11(17)7-8-14(21)19-10-15(22)20-13-6-2-4-12-5-3-9-18-16(12)13/h2-6,9,11H,7-8,10,17H2,1H3,(H,19,21)(H,20,22). The number of fused-ring (bicyclic) bond motifs is 1. The highest BCUT2D eigenvalue weighted by Gasteiger charge is 2.09. The third kappa shape index (κ3) is 4.53. The second-order valence-electron chi connectivity index (χ2n) is 5.22. The fourth-order valence-electron chi connectivity index (χ4n) is 2.03. The molecule has 0 spiro atoms. The molecule has 4 N–H and O–H groups in total. The zero-order valence-corrected chi connectivity index (χ0v) is 12.5. The average Bonchev–Trinajstić information content (AvgIpc) is 2.51. The molecule has 1 unspecified atom stereocenters. The molecule has 1 heterocycles. The molecule has 0 aliphatic heterocycles. The zero-order chi connectivity index (χ0) is 15.9. The van der Waals surface area contributed by atoms with Gasteiger partial charge in [0.1, 0.15) is 0 Å². The fourth-order valence-corrected chi connectivity index (χ4v) is 2.03. The van der Waals surface area contributed by atoms with Crippen LogP contribution in [0.1, 0.15) is 19.8 Å². The van der Waals surface area contributed by atoms with E-state index < -0.39 is 0 Å². The van der Waals surface area contributed by atoms with Gasteiger partial charge < -0.3 is 16.4 Å². The van der Waals surface area contributed by atoms with Gasteiger partial charge in [-0.05, 0) is 25.5 Å². The normalized spacial score (nSPS) is 11.9. The summed E-state index contributed by atoms with van der Waals surface area (Å²) >= 11 is 0. The molecule has 6 nitrogen and oxygen atoms in total. The number of para-hydroxylation sites is 1. The maximum absolute atomic E-state index is 11.9. The van der Waals surface area contributed by atoms with Gasteiger partial charge in [0.25, 0.3) is 0 Å². The van der Waals surface area contributed by atoms with Crippen LogP contribution in [0.4, 0.5) is 5.69 Å². The number of nitrogens with one attached hydrogen (secondary N) is 2. The number of hydrogen-bond acceptors (Lipinski definition) is 4. The van der Waals surface area contributed by atoms with E-state index in [2.05, 4.69) is 15.6 Å². The summed E-state index contributed by atoms with van der Waals surface area (Å²) in [6.45, 7) is 1.77. The number of anilines is 1. The number of nitrogens with zero attached hydrogens (tertiary/aromatic N) is 1. The van der Waals surface area contributed by atoms with Crippen LogP contribution >= 0.6 is 0 Å². The molecular formula is C16H20N4O2. The van der Waals surface area contributed by atoms with Gasteiger partial charge in [0.15, 0.2) is 0 Å². The minimum Gasteiger partial charge on any atom is -0.347 e. The van der Waals surface area contributed by atoms with Gasteiger partial charge in [-0.2, -0.15) is 0 Å². The molecule has 0 bridgehead atoms. The van der Waals surface area contributed by atoms with Crippen LogP contribution in [-0.2, 0) is 9.59 Å². The molecule has 0 saturated heterocycles. The second-order valence-corrected chi connectivity index (χ2v) is 5.22. The molecule has 22 heavy (non-hydrogen) atoms. The highest BCUT2D eigenvalue weighted by Crippen LogP contribution is 2.20. The number of nitrogens with two attached hydrogens (primary N) is 1. The summed E-state index contributed by atoms with van der Waals surface area (Å²) in [5.74, 6) is -0.462. The lowest BCUT2D eigenvalue weighted by atomic mass is 10.2. The van der Waals surface area contributed by atoms with E-state index in [1.54, 1.807) is 12.3 Å². The highest BCUT2D eigenvalue weighted by molar-refractivity contribution is 6.01. The second kappa shape index (κ2) is 7.51. The van der Waals surface area contributed by atoms with Crippen LogP contribution in [0.2, 0.25) is 0 Å². The first-order valence-electron chi connectivity index (χ1n) is 7.22. The van der Waals surface area contributed by atoms with Crippen LogP contribution in [0.5, 0.6) is 0 Å². The van der Waals surface area contributed by atoms with Crippen molar-refractivity contribution in [3.8, 4) is 0 Å². The summed E-state index contributed by atoms with van der Waals surface area (Å²) in [6, 6.07) is 9.29. The Kier molecular flexibility index (Phi) is 5.43. The predicted molar refractivity (Wildman–Crippen MR) is 86.3 cm³/mol. The Morgan fingerprint density at radius 2 is 2.00 bits per heavy atom. The first kappa shape index (κ1) is 15.9. The zero-order valence-electron chi connectivity index (χ0n) is 12.5. The Morgan fingerprint density at radius 1 is 1.23 bits per heavy atom. The number of carbonyl (C=O) groups is 2. The molecule has 0 saturated carbocycles. The van der Waals surface area contributed by atoms with Crippen LogP contribution in [0.15, 0.2) is 36.5 Å². The minimum absolute atomic E-state index is 0.0265. The van der Waals surface area contributed by atoms with Crippen molar-refractivity contribution in [3.05, 3.63) is 36.5 Å². The van der Waals surface area contributed by atoms with Crippen LogP contribution < -0.4 is 16.4 Å². The number of carbonyl (C=O) groups excluding carboxylic acids is 2. The van der Waals surface area contributed by atoms with E-state index in [4.69, 9.17) is 5.73 Å². The Bertz CT molecular complexity index is 665. The molecule has 2 rings (SSSR count). The number of pyridine rings is 1. The summed E-state index contributed by atoms with van der Waals surface area (Å²) in [7, 11) is 0. The molecule has 1 atom stereocenters. The van der Waals surface area contributed by atoms with Crippen molar-refractivity contribution in [2.45, 2.75) is 25.8 Å². The van der Waals surface area contributed by atoms with Gasteiger partial charge in [-0.3, -0.25) is 14.6 Å². The average molecular weight is 300 g/mol. The monoisotopic (exact) mass is 300 g/mol. The Hall–Kier alpha value is -2.47. The maximum Gasteiger partial charge on any atom is 0.243 e. The van der Waals surface area contributed by atoms with E-state index >= 15 is 0 Å². The summed E-state index contributed by atoms with van der Waals surface area (Å²) < 4.78 is 0. The Balaban J connectivity index is 1.90. The summed E-state index contributed by atoms with van der Waals surface area (Å²) in [6.07, 6.45) is 2.59. The molecule has 116 valence electrons. The third-order valence-electron chi connectivity index (χ3n) is 3.18. The van der Waals surface area contributed by atoms with Gasteiger partial charge in [-0.1, -0.05) is 18.2 Å². The van der Waals surface area contributed by atoms with Gasteiger partial charge in [-0.25, -0.2) is 0 Å². The number of benzene rings is 1. The summed E-state index contributed by atoms with van der Waals surface area (Å²) in [5.41, 5.74) is 6.94. The van der Waals surface area contributed by atoms with Gasteiger partial charge in [0, 0.05) is 24.0 Å². The smallest absolute Gasteiger partial charge is 0.243 e. The van der Waals surface area contributed by atoms with E-state index in [0.29, 0.717) is 18.5 Å². The predicted octanol–water partition coefficient (Wildman–Crippen LogP) is 1.42. The van der Waals surface area contributed by atoms with E-state index in [0.717, 1.165) is 10.9 Å². The molecule has 1 aromatic heterocycles. The van der Waals surface area contributed by atoms with Crippen molar-refractivity contribution in [1.29, 1.82) is 0 Å². The quantitative estimate of drug-likeness (QED) is 0.751. The Morgan fingerprint density at radius 3 is 2.77 bits per heavy atom. The lowest BCUT2D eigenvalue weighted by Crippen LogP contribution is -2.33. The summed E-state index contributed by atoms with van der Waals surface area (Å²) in [4.78, 5) is 27.7. The van der Waals surface area contributed by atoms with Crippen LogP contribution in [-0.4, -0.2) is 29.4 Å². The third-order valence-corrected chi connectivity index (χ3v) is 3.18. The number of aromatic nitrogens is 1. The van der Waals surface area contributed by atoms with Gasteiger partial charge >= 0.3 is 0 Å². The lowest BCUT2D eigenvalue weighted by Gasteiger charge is -2.09. The lowest BCUT2D eigenvalue weighted by molar-refractivity contribution is -0.124.